The Kier molecular flexibility index (Phi) is 10.0. The number of methoxy groups -OCH3 is 1. The number of ether oxygens (including phenoxy) is 1. The Balaban J connectivity index is 0.00000461. The van der Waals surface area contributed by atoms with Crippen molar-refractivity contribution in [2.45, 2.75) is 53.1 Å². The standard InChI is InChI=1S/C35H35N4O5.Mg/c1-8-21-17(3)24-12-25-19(5)23(10-11-33(41)42)30(38-25)15-31-35(32(40)16-34(43)44-7)20(6)27(39-31)14-29-22(9-2)18(4)26(37-29)13-28(21)36-24;/h8-9,12-15,32,40H,1-2,10-11,16H2,3-7H3,(H2-,36,37,38,39,41,42);/q-1;+2/p-2. The number of nitrogens with zero attached hydrogens (tertiary/aromatic N) is 4. The van der Waals surface area contributed by atoms with Gasteiger partial charge in [-0.2, -0.15) is 0 Å². The van der Waals surface area contributed by atoms with Crippen molar-refractivity contribution in [1.82, 2.24) is 19.9 Å². The van der Waals surface area contributed by atoms with Gasteiger partial charge in [0, 0.05) is 11.5 Å². The number of carbonyl (C=O) groups excluding carboxylic acids is 2. The van der Waals surface area contributed by atoms with Crippen LogP contribution in [0.5, 0.6) is 0 Å². The number of allylic oxidation sites excluding steroid dienone is 5. The van der Waals surface area contributed by atoms with Crippen LogP contribution in [0.2, 0.25) is 0 Å². The number of aryl methyl sites for hydroxylation is 2. The van der Waals surface area contributed by atoms with Gasteiger partial charge in [-0.1, -0.05) is 60.7 Å². The summed E-state index contributed by atoms with van der Waals surface area (Å²) in [5.74, 6) is -1.74. The zero-order valence-corrected chi connectivity index (χ0v) is 27.6. The van der Waals surface area contributed by atoms with Gasteiger partial charge in [-0.25, -0.2) is 9.97 Å². The van der Waals surface area contributed by atoms with Crippen LogP contribution in [-0.2, 0) is 14.3 Å². The molecule has 5 heterocycles. The number of fused-ring (bicyclic) bond motifs is 8. The van der Waals surface area contributed by atoms with Crippen LogP contribution in [0, 0.1) is 13.8 Å². The molecular weight excluding hydrogens is 581 g/mol. The molecule has 226 valence electrons. The quantitative estimate of drug-likeness (QED) is 0.284. The number of aromatic nitrogens is 4. The van der Waals surface area contributed by atoms with E-state index in [0.717, 1.165) is 39.1 Å². The van der Waals surface area contributed by atoms with E-state index < -0.39 is 18.0 Å². The van der Waals surface area contributed by atoms with Gasteiger partial charge in [0.2, 0.25) is 0 Å². The maximum Gasteiger partial charge on any atom is 2.00 e. The average molecular weight is 614 g/mol. The van der Waals surface area contributed by atoms with Gasteiger partial charge in [-0.05, 0) is 68.4 Å². The predicted octanol–water partition coefficient (Wildman–Crippen LogP) is 4.63. The van der Waals surface area contributed by atoms with Gasteiger partial charge >= 0.3 is 29.0 Å². The van der Waals surface area contributed by atoms with Gasteiger partial charge in [0.25, 0.3) is 0 Å². The number of rotatable bonds is 8. The smallest absolute Gasteiger partial charge is 0.657 e. The second kappa shape index (κ2) is 13.4. The molecule has 8 bridgehead atoms. The van der Waals surface area contributed by atoms with Crippen molar-refractivity contribution < 1.29 is 24.5 Å². The molecule has 1 atom stereocenters. The van der Waals surface area contributed by atoms with Crippen LogP contribution in [0.4, 0.5) is 0 Å². The fraction of sp³-hybridized carbons (Fsp3) is 0.257. The number of carboxylic acid groups (broad SMARTS) is 1. The third-order valence-electron chi connectivity index (χ3n) is 8.30. The van der Waals surface area contributed by atoms with E-state index in [1.54, 1.807) is 18.2 Å². The average Bonchev–Trinajstić information content (AvgIpc) is 3.64. The van der Waals surface area contributed by atoms with Crippen molar-refractivity contribution in [2.75, 3.05) is 7.11 Å². The minimum absolute atomic E-state index is 0. The number of hydrogen-bond acceptors (Lipinski definition) is 7. The van der Waals surface area contributed by atoms with E-state index in [4.69, 9.17) is 24.7 Å². The molecule has 5 rings (SSSR count). The van der Waals surface area contributed by atoms with Crippen LogP contribution in [-0.4, -0.2) is 57.2 Å². The number of aliphatic carboxylic acids is 1. The van der Waals surface area contributed by atoms with Gasteiger partial charge in [0.1, 0.15) is 0 Å². The van der Waals surface area contributed by atoms with Crippen molar-refractivity contribution in [3.8, 4) is 0 Å². The maximum absolute atomic E-state index is 12.1. The predicted molar refractivity (Wildman–Crippen MR) is 175 cm³/mol. The number of hydrogen-bond donors (Lipinski definition) is 1. The molecule has 9 nitrogen and oxygen atoms in total. The van der Waals surface area contributed by atoms with Gasteiger partial charge in [0.15, 0.2) is 0 Å². The molecule has 1 N–H and O–H groups in total. The van der Waals surface area contributed by atoms with E-state index in [1.807, 2.05) is 45.9 Å². The first kappa shape index (κ1) is 33.6. The molecule has 0 radical (unpaired) electrons. The van der Waals surface area contributed by atoms with E-state index in [9.17, 15) is 19.8 Å². The van der Waals surface area contributed by atoms with Crippen molar-refractivity contribution in [3.63, 3.8) is 0 Å². The van der Waals surface area contributed by atoms with Crippen LogP contribution >= 0.6 is 0 Å². The summed E-state index contributed by atoms with van der Waals surface area (Å²) in [6.07, 6.45) is 2.03. The number of esters is 1. The Labute approximate surface area is 277 Å². The Morgan fingerprint density at radius 3 is 2.11 bits per heavy atom. The normalized spacial score (nSPS) is 13.4. The monoisotopic (exact) mass is 613 g/mol. The zero-order valence-electron chi connectivity index (χ0n) is 26.2. The fourth-order valence-corrected chi connectivity index (χ4v) is 5.79. The first-order valence-corrected chi connectivity index (χ1v) is 14.2. The van der Waals surface area contributed by atoms with Crippen LogP contribution in [0.3, 0.4) is 0 Å². The Hall–Kier alpha value is -4.25. The van der Waals surface area contributed by atoms with Crippen molar-refractivity contribution in [3.05, 3.63) is 88.5 Å². The second-order valence-corrected chi connectivity index (χ2v) is 10.9. The molecule has 0 fully saturated rings. The van der Waals surface area contributed by atoms with E-state index in [0.29, 0.717) is 50.3 Å². The molecule has 1 unspecified atom stereocenters. The summed E-state index contributed by atoms with van der Waals surface area (Å²) in [6.45, 7) is 15.7. The summed E-state index contributed by atoms with van der Waals surface area (Å²) >= 11 is 0. The molecule has 0 saturated heterocycles. The van der Waals surface area contributed by atoms with Gasteiger partial charge < -0.3 is 29.7 Å². The van der Waals surface area contributed by atoms with Gasteiger partial charge in [-0.15, -0.1) is 22.1 Å². The Morgan fingerprint density at radius 1 is 0.889 bits per heavy atom. The molecule has 0 aliphatic carbocycles. The van der Waals surface area contributed by atoms with Crippen LogP contribution < -0.4 is 15.1 Å². The second-order valence-electron chi connectivity index (χ2n) is 10.9. The zero-order chi connectivity index (χ0) is 31.9. The van der Waals surface area contributed by atoms with Crippen molar-refractivity contribution in [1.29, 1.82) is 0 Å². The summed E-state index contributed by atoms with van der Waals surface area (Å²) in [7, 11) is 1.27. The minimum atomic E-state index is -1.21. The summed E-state index contributed by atoms with van der Waals surface area (Å²) < 4.78 is 4.81. The minimum Gasteiger partial charge on any atom is -0.657 e. The summed E-state index contributed by atoms with van der Waals surface area (Å²) in [4.78, 5) is 43.2. The van der Waals surface area contributed by atoms with Crippen LogP contribution in [0.15, 0.2) is 43.5 Å². The Bertz CT molecular complexity index is 1980. The summed E-state index contributed by atoms with van der Waals surface area (Å²) in [5.41, 5.74) is 11.1. The number of carbonyl (C=O) groups is 2. The first-order chi connectivity index (χ1) is 21.0. The molecule has 2 aliphatic heterocycles. The van der Waals surface area contributed by atoms with E-state index in [2.05, 4.69) is 13.2 Å². The van der Waals surface area contributed by atoms with Crippen molar-refractivity contribution in [2.24, 2.45) is 0 Å². The Morgan fingerprint density at radius 2 is 1.47 bits per heavy atom. The van der Waals surface area contributed by atoms with Crippen LogP contribution in [0.1, 0.15) is 84.2 Å². The molecule has 10 heteroatoms. The van der Waals surface area contributed by atoms with Gasteiger partial charge in [-0.3, -0.25) is 4.79 Å². The maximum atomic E-state index is 12.1. The number of aliphatic hydroxyl groups excluding tert-OH is 1. The number of aliphatic hydroxyl groups is 1. The summed E-state index contributed by atoms with van der Waals surface area (Å²) in [5, 5.41) is 22.7. The summed E-state index contributed by atoms with van der Waals surface area (Å²) in [6, 6.07) is 7.36. The molecule has 0 aromatic carbocycles. The molecule has 45 heavy (non-hydrogen) atoms. The first-order valence-electron chi connectivity index (χ1n) is 14.2. The van der Waals surface area contributed by atoms with E-state index in [-0.39, 0.29) is 42.3 Å². The topological polar surface area (TPSA) is 141 Å². The third kappa shape index (κ3) is 6.31. The molecule has 2 aliphatic rings. The SMILES string of the molecule is C=CC1=C(C)c2cc3[n-]c(cc4nc(cc5[n-]c(cc1n2)c(C)c5C(O)CC(=O)OC)C(CCC(=O)[O-])=C4C)c(C)c3C=C.[Mg+2]. The largest absolute Gasteiger partial charge is 2.00 e. The molecule has 0 saturated carbocycles. The van der Waals surface area contributed by atoms with E-state index >= 15 is 0 Å². The van der Waals surface area contributed by atoms with E-state index in [1.165, 1.54) is 7.11 Å². The van der Waals surface area contributed by atoms with Crippen LogP contribution in [0.25, 0.3) is 50.4 Å². The van der Waals surface area contributed by atoms with Crippen molar-refractivity contribution >= 4 is 85.4 Å². The van der Waals surface area contributed by atoms with Gasteiger partial charge in [0.05, 0.1) is 42.4 Å². The molecule has 0 amide bonds. The number of carboxylic acids is 1. The molecule has 0 spiro atoms. The molecule has 3 aromatic heterocycles. The fourth-order valence-electron chi connectivity index (χ4n) is 5.79. The molecule has 3 aromatic rings. The third-order valence-corrected chi connectivity index (χ3v) is 8.30. The molecular formula is C35H33MgN4O5-.